The Balaban J connectivity index is 2.20. The smallest absolute Gasteiger partial charge is 0.173 e. The van der Waals surface area contributed by atoms with Crippen molar-refractivity contribution in [2.75, 3.05) is 6.61 Å². The van der Waals surface area contributed by atoms with Crippen LogP contribution < -0.4 is 4.74 Å². The molecule has 0 saturated carbocycles. The van der Waals surface area contributed by atoms with Crippen molar-refractivity contribution in [1.29, 1.82) is 0 Å². The minimum atomic E-state index is -0.637. The van der Waals surface area contributed by atoms with Crippen molar-refractivity contribution in [1.82, 2.24) is 0 Å². The number of rotatable bonds is 10. The number of ketones is 2. The summed E-state index contributed by atoms with van der Waals surface area (Å²) in [5, 5.41) is 0. The third kappa shape index (κ3) is 5.15. The zero-order valence-corrected chi connectivity index (χ0v) is 14.6. The van der Waals surface area contributed by atoms with Crippen LogP contribution >= 0.6 is 0 Å². The molecular weight excluding hydrogens is 312 g/mol. The van der Waals surface area contributed by atoms with Crippen molar-refractivity contribution in [3.63, 3.8) is 0 Å². The molecule has 130 valence electrons. The van der Waals surface area contributed by atoms with Gasteiger partial charge in [0.15, 0.2) is 11.6 Å². The van der Waals surface area contributed by atoms with Gasteiger partial charge in [0.05, 0.1) is 5.92 Å². The van der Waals surface area contributed by atoms with Gasteiger partial charge in [-0.3, -0.25) is 9.59 Å². The van der Waals surface area contributed by atoms with Crippen molar-refractivity contribution in [2.24, 2.45) is 5.92 Å². The fraction of sp³-hybridized carbons (Fsp3) is 0.273. The predicted octanol–water partition coefficient (Wildman–Crippen LogP) is 5.12. The summed E-state index contributed by atoms with van der Waals surface area (Å²) in [4.78, 5) is 25.7. The molecule has 2 aromatic carbocycles. The molecule has 0 amide bonds. The summed E-state index contributed by atoms with van der Waals surface area (Å²) in [6, 6.07) is 16.0. The van der Waals surface area contributed by atoms with Gasteiger partial charge in [0.2, 0.25) is 0 Å². The van der Waals surface area contributed by atoms with Gasteiger partial charge in [0.25, 0.3) is 0 Å². The van der Waals surface area contributed by atoms with Crippen LogP contribution in [0, 0.1) is 5.92 Å². The fourth-order valence-corrected chi connectivity index (χ4v) is 2.66. The minimum Gasteiger partial charge on any atom is -0.490 e. The lowest BCUT2D eigenvalue weighted by Gasteiger charge is -2.15. The normalized spacial score (nSPS) is 11.6. The van der Waals surface area contributed by atoms with Gasteiger partial charge in [-0.15, -0.1) is 0 Å². The molecule has 2 aromatic rings. The first-order chi connectivity index (χ1) is 12.2. The SMILES string of the molecule is C=CCOc1ccc(C(=O)C(CCCC)C(=O)c2ccccc2)cc1. The number of hydrogen-bond donors (Lipinski definition) is 0. The molecule has 3 heteroatoms. The van der Waals surface area contributed by atoms with Gasteiger partial charge in [-0.1, -0.05) is 62.8 Å². The highest BCUT2D eigenvalue weighted by molar-refractivity contribution is 6.16. The molecule has 0 spiro atoms. The first-order valence-electron chi connectivity index (χ1n) is 8.64. The van der Waals surface area contributed by atoms with E-state index in [1.54, 1.807) is 42.5 Å². The van der Waals surface area contributed by atoms with E-state index in [0.717, 1.165) is 12.8 Å². The summed E-state index contributed by atoms with van der Waals surface area (Å²) in [6.07, 6.45) is 4.02. The molecule has 3 nitrogen and oxygen atoms in total. The Kier molecular flexibility index (Phi) is 7.15. The Labute approximate surface area is 149 Å². The number of Topliss-reactive ketones (excluding diaryl/α,β-unsaturated/α-hetero) is 2. The van der Waals surface area contributed by atoms with Crippen molar-refractivity contribution < 1.29 is 14.3 Å². The maximum absolute atomic E-state index is 12.9. The fourth-order valence-electron chi connectivity index (χ4n) is 2.66. The van der Waals surface area contributed by atoms with E-state index in [9.17, 15) is 9.59 Å². The first-order valence-corrected chi connectivity index (χ1v) is 8.64. The van der Waals surface area contributed by atoms with Crippen LogP contribution in [0.4, 0.5) is 0 Å². The molecule has 0 fully saturated rings. The van der Waals surface area contributed by atoms with Crippen LogP contribution in [0.2, 0.25) is 0 Å². The standard InChI is InChI=1S/C22H24O3/c1-3-5-11-20(21(23)17-9-7-6-8-10-17)22(24)18-12-14-19(15-13-18)25-16-4-2/h4,6-10,12-15,20H,2-3,5,11,16H2,1H3. The highest BCUT2D eigenvalue weighted by Gasteiger charge is 2.27. The Morgan fingerprint density at radius 1 is 1.00 bits per heavy atom. The van der Waals surface area contributed by atoms with E-state index in [1.807, 2.05) is 18.2 Å². The summed E-state index contributed by atoms with van der Waals surface area (Å²) >= 11 is 0. The Morgan fingerprint density at radius 3 is 2.16 bits per heavy atom. The van der Waals surface area contributed by atoms with E-state index < -0.39 is 5.92 Å². The number of ether oxygens (including phenoxy) is 1. The molecule has 0 aliphatic carbocycles. The Morgan fingerprint density at radius 2 is 1.60 bits per heavy atom. The summed E-state index contributed by atoms with van der Waals surface area (Å²) in [5.41, 5.74) is 1.12. The van der Waals surface area contributed by atoms with Crippen LogP contribution in [0.25, 0.3) is 0 Å². The van der Waals surface area contributed by atoms with Crippen molar-refractivity contribution in [3.05, 3.63) is 78.4 Å². The number of unbranched alkanes of at least 4 members (excludes halogenated alkanes) is 1. The third-order valence-corrected chi connectivity index (χ3v) is 4.04. The van der Waals surface area contributed by atoms with Crippen LogP contribution in [-0.2, 0) is 0 Å². The van der Waals surface area contributed by atoms with Crippen molar-refractivity contribution >= 4 is 11.6 Å². The summed E-state index contributed by atoms with van der Waals surface area (Å²) in [7, 11) is 0. The molecule has 2 rings (SSSR count). The molecule has 0 saturated heterocycles. The van der Waals surface area contributed by atoms with Crippen molar-refractivity contribution in [3.8, 4) is 5.75 Å². The molecule has 0 heterocycles. The third-order valence-electron chi connectivity index (χ3n) is 4.04. The lowest BCUT2D eigenvalue weighted by molar-refractivity contribution is 0.0797. The molecular formula is C22H24O3. The second-order valence-corrected chi connectivity index (χ2v) is 5.91. The highest BCUT2D eigenvalue weighted by atomic mass is 16.5. The largest absolute Gasteiger partial charge is 0.490 e. The van der Waals surface area contributed by atoms with Gasteiger partial charge in [-0.25, -0.2) is 0 Å². The second-order valence-electron chi connectivity index (χ2n) is 5.91. The van der Waals surface area contributed by atoms with E-state index in [-0.39, 0.29) is 11.6 Å². The average Bonchev–Trinajstić information content (AvgIpc) is 2.67. The molecule has 0 radical (unpaired) electrons. The maximum atomic E-state index is 12.9. The lowest BCUT2D eigenvalue weighted by atomic mass is 9.86. The predicted molar refractivity (Wildman–Crippen MR) is 100 cm³/mol. The number of benzene rings is 2. The molecule has 0 aliphatic rings. The van der Waals surface area contributed by atoms with Crippen LogP contribution in [0.1, 0.15) is 46.9 Å². The molecule has 0 aliphatic heterocycles. The molecule has 0 bridgehead atoms. The second kappa shape index (κ2) is 9.58. The minimum absolute atomic E-state index is 0.106. The van der Waals surface area contributed by atoms with Crippen LogP contribution in [0.5, 0.6) is 5.75 Å². The Hall–Kier alpha value is -2.68. The van der Waals surface area contributed by atoms with Gasteiger partial charge < -0.3 is 4.74 Å². The number of carbonyl (C=O) groups excluding carboxylic acids is 2. The van der Waals surface area contributed by atoms with Crippen molar-refractivity contribution in [2.45, 2.75) is 26.2 Å². The first kappa shape index (κ1) is 18.7. The molecule has 25 heavy (non-hydrogen) atoms. The average molecular weight is 336 g/mol. The van der Waals surface area contributed by atoms with E-state index in [0.29, 0.717) is 29.9 Å². The maximum Gasteiger partial charge on any atom is 0.173 e. The zero-order valence-electron chi connectivity index (χ0n) is 14.6. The Bertz CT molecular complexity index is 702. The van der Waals surface area contributed by atoms with Gasteiger partial charge in [0.1, 0.15) is 12.4 Å². The van der Waals surface area contributed by atoms with Gasteiger partial charge >= 0.3 is 0 Å². The molecule has 1 unspecified atom stereocenters. The number of hydrogen-bond acceptors (Lipinski definition) is 3. The summed E-state index contributed by atoms with van der Waals surface area (Å²) in [6.45, 7) is 6.08. The zero-order chi connectivity index (χ0) is 18.1. The summed E-state index contributed by atoms with van der Waals surface area (Å²) in [5.74, 6) is -0.193. The quantitative estimate of drug-likeness (QED) is 0.343. The van der Waals surface area contributed by atoms with E-state index >= 15 is 0 Å². The topological polar surface area (TPSA) is 43.4 Å². The van der Waals surface area contributed by atoms with Gasteiger partial charge in [-0.05, 0) is 30.7 Å². The summed E-state index contributed by atoms with van der Waals surface area (Å²) < 4.78 is 5.44. The number of carbonyl (C=O) groups is 2. The van der Waals surface area contributed by atoms with E-state index in [4.69, 9.17) is 4.74 Å². The molecule has 1 atom stereocenters. The van der Waals surface area contributed by atoms with E-state index in [1.165, 1.54) is 0 Å². The lowest BCUT2D eigenvalue weighted by Crippen LogP contribution is -2.24. The molecule has 0 aromatic heterocycles. The highest BCUT2D eigenvalue weighted by Crippen LogP contribution is 2.22. The van der Waals surface area contributed by atoms with Crippen LogP contribution in [0.15, 0.2) is 67.3 Å². The van der Waals surface area contributed by atoms with Crippen LogP contribution in [-0.4, -0.2) is 18.2 Å². The monoisotopic (exact) mass is 336 g/mol. The van der Waals surface area contributed by atoms with Gasteiger partial charge in [-0.2, -0.15) is 0 Å². The van der Waals surface area contributed by atoms with Gasteiger partial charge in [0, 0.05) is 11.1 Å². The van der Waals surface area contributed by atoms with Crippen LogP contribution in [0.3, 0.4) is 0 Å². The van der Waals surface area contributed by atoms with E-state index in [2.05, 4.69) is 13.5 Å². The molecule has 0 N–H and O–H groups in total.